The van der Waals surface area contributed by atoms with Crippen LogP contribution in [0.15, 0.2) is 51.8 Å². The number of benzene rings is 2. The summed E-state index contributed by atoms with van der Waals surface area (Å²) in [5.74, 6) is 1.35. The summed E-state index contributed by atoms with van der Waals surface area (Å²) in [5, 5.41) is 0. The maximum Gasteiger partial charge on any atom is 0.123 e. The van der Waals surface area contributed by atoms with Crippen LogP contribution in [0.4, 0.5) is 5.69 Å². The van der Waals surface area contributed by atoms with Gasteiger partial charge in [0.25, 0.3) is 0 Å². The zero-order valence-electron chi connectivity index (χ0n) is 10.7. The van der Waals surface area contributed by atoms with Crippen molar-refractivity contribution < 1.29 is 8.95 Å². The molecule has 0 radical (unpaired) electrons. The van der Waals surface area contributed by atoms with E-state index in [0.717, 1.165) is 16.6 Å². The lowest BCUT2D eigenvalue weighted by Crippen LogP contribution is -2.22. The highest BCUT2D eigenvalue weighted by Crippen LogP contribution is 2.30. The Balaban J connectivity index is 1.74. The lowest BCUT2D eigenvalue weighted by Gasteiger charge is -2.12. The summed E-state index contributed by atoms with van der Waals surface area (Å²) < 4.78 is 19.2. The first-order valence-electron chi connectivity index (χ1n) is 6.31. The highest BCUT2D eigenvalue weighted by Gasteiger charge is 2.25. The van der Waals surface area contributed by atoms with E-state index in [2.05, 4.69) is 15.9 Å². The van der Waals surface area contributed by atoms with Crippen molar-refractivity contribution in [1.82, 2.24) is 0 Å². The van der Waals surface area contributed by atoms with Crippen molar-refractivity contribution in [2.45, 2.75) is 17.4 Å². The van der Waals surface area contributed by atoms with Crippen LogP contribution < -0.4 is 10.5 Å². The predicted octanol–water partition coefficient (Wildman–Crippen LogP) is 3.14. The summed E-state index contributed by atoms with van der Waals surface area (Å²) in [4.78, 5) is 0.666. The Hall–Kier alpha value is -1.33. The van der Waals surface area contributed by atoms with E-state index in [4.69, 9.17) is 10.5 Å². The van der Waals surface area contributed by atoms with Crippen LogP contribution in [0.1, 0.15) is 5.56 Å². The zero-order valence-corrected chi connectivity index (χ0v) is 13.1. The van der Waals surface area contributed by atoms with Crippen molar-refractivity contribution >= 4 is 32.4 Å². The van der Waals surface area contributed by atoms with E-state index < -0.39 is 10.8 Å². The standard InChI is InChI=1S/C15H14BrNO2S/c16-11-5-6-13(17)15(8-11)20(18)9-12-7-10-3-1-2-4-14(10)19-12/h1-6,8,12H,7,9,17H2. The number of rotatable bonds is 3. The molecule has 0 saturated heterocycles. The molecule has 3 nitrogen and oxygen atoms in total. The average molecular weight is 352 g/mol. The normalized spacial score (nSPS) is 18.4. The zero-order chi connectivity index (χ0) is 14.1. The van der Waals surface area contributed by atoms with Crippen LogP contribution in [0.2, 0.25) is 0 Å². The first kappa shape index (κ1) is 13.6. The molecule has 0 aliphatic carbocycles. The number of hydrogen-bond acceptors (Lipinski definition) is 3. The summed E-state index contributed by atoms with van der Waals surface area (Å²) in [6.07, 6.45) is 0.752. The van der Waals surface area contributed by atoms with E-state index in [9.17, 15) is 4.21 Å². The van der Waals surface area contributed by atoms with Gasteiger partial charge in [0, 0.05) is 16.6 Å². The number of nitrogen functional groups attached to an aromatic ring is 1. The van der Waals surface area contributed by atoms with Crippen LogP contribution in [0.5, 0.6) is 5.75 Å². The van der Waals surface area contributed by atoms with Crippen LogP contribution in [0, 0.1) is 0 Å². The van der Waals surface area contributed by atoms with Crippen molar-refractivity contribution in [3.05, 3.63) is 52.5 Å². The first-order valence-corrected chi connectivity index (χ1v) is 8.42. The van der Waals surface area contributed by atoms with Crippen LogP contribution in [0.25, 0.3) is 0 Å². The number of nitrogens with two attached hydrogens (primary N) is 1. The van der Waals surface area contributed by atoms with Crippen LogP contribution in [0.3, 0.4) is 0 Å². The van der Waals surface area contributed by atoms with Gasteiger partial charge in [0.05, 0.1) is 21.4 Å². The molecule has 0 amide bonds. The van der Waals surface area contributed by atoms with Gasteiger partial charge in [-0.25, -0.2) is 0 Å². The molecule has 0 spiro atoms. The van der Waals surface area contributed by atoms with Gasteiger partial charge in [0.2, 0.25) is 0 Å². The number of anilines is 1. The quantitative estimate of drug-likeness (QED) is 0.864. The number of hydrogen-bond donors (Lipinski definition) is 1. The van der Waals surface area contributed by atoms with Crippen molar-refractivity contribution in [3.63, 3.8) is 0 Å². The number of para-hydroxylation sites is 1. The van der Waals surface area contributed by atoms with Gasteiger partial charge in [0.15, 0.2) is 0 Å². The third-order valence-corrected chi connectivity index (χ3v) is 5.28. The minimum absolute atomic E-state index is 0.0494. The van der Waals surface area contributed by atoms with E-state index in [-0.39, 0.29) is 6.10 Å². The molecule has 0 fully saturated rings. The van der Waals surface area contributed by atoms with Crippen LogP contribution >= 0.6 is 15.9 Å². The Morgan fingerprint density at radius 1 is 1.30 bits per heavy atom. The summed E-state index contributed by atoms with van der Waals surface area (Å²) in [7, 11) is -1.16. The molecule has 0 bridgehead atoms. The Bertz CT molecular complexity index is 650. The second kappa shape index (κ2) is 5.58. The maximum atomic E-state index is 12.5. The molecule has 104 valence electrons. The lowest BCUT2D eigenvalue weighted by molar-refractivity contribution is 0.258. The molecule has 0 aromatic heterocycles. The molecule has 1 heterocycles. The van der Waals surface area contributed by atoms with Gasteiger partial charge in [0.1, 0.15) is 11.9 Å². The van der Waals surface area contributed by atoms with Gasteiger partial charge in [-0.2, -0.15) is 0 Å². The molecule has 1 aliphatic heterocycles. The largest absolute Gasteiger partial charge is 0.489 e. The van der Waals surface area contributed by atoms with E-state index in [1.807, 2.05) is 36.4 Å². The predicted molar refractivity (Wildman–Crippen MR) is 84.4 cm³/mol. The maximum absolute atomic E-state index is 12.5. The van der Waals surface area contributed by atoms with E-state index >= 15 is 0 Å². The number of halogens is 1. The lowest BCUT2D eigenvalue weighted by atomic mass is 10.1. The highest BCUT2D eigenvalue weighted by molar-refractivity contribution is 9.10. The fourth-order valence-corrected chi connectivity index (χ4v) is 4.12. The molecule has 5 heteroatoms. The molecule has 2 N–H and O–H groups in total. The second-order valence-electron chi connectivity index (χ2n) is 4.75. The molecular weight excluding hydrogens is 338 g/mol. The highest BCUT2D eigenvalue weighted by atomic mass is 79.9. The minimum Gasteiger partial charge on any atom is -0.489 e. The molecule has 1 aliphatic rings. The Labute approximate surface area is 128 Å². The van der Waals surface area contributed by atoms with E-state index in [1.165, 1.54) is 5.56 Å². The molecule has 2 aromatic carbocycles. The topological polar surface area (TPSA) is 52.3 Å². The minimum atomic E-state index is -1.16. The summed E-state index contributed by atoms with van der Waals surface area (Å²) >= 11 is 3.38. The summed E-state index contributed by atoms with van der Waals surface area (Å²) in [6.45, 7) is 0. The molecule has 2 aromatic rings. The smallest absolute Gasteiger partial charge is 0.123 e. The van der Waals surface area contributed by atoms with Gasteiger partial charge < -0.3 is 10.5 Å². The van der Waals surface area contributed by atoms with E-state index in [0.29, 0.717) is 16.3 Å². The molecule has 3 rings (SSSR count). The number of ether oxygens (including phenoxy) is 1. The van der Waals surface area contributed by atoms with Crippen molar-refractivity contribution in [2.75, 3.05) is 11.5 Å². The Kier molecular flexibility index (Phi) is 3.81. The third kappa shape index (κ3) is 2.74. The van der Waals surface area contributed by atoms with Crippen molar-refractivity contribution in [1.29, 1.82) is 0 Å². The third-order valence-electron chi connectivity index (χ3n) is 3.27. The van der Waals surface area contributed by atoms with Crippen molar-refractivity contribution in [2.24, 2.45) is 0 Å². The molecular formula is C15H14BrNO2S. The van der Waals surface area contributed by atoms with E-state index in [1.54, 1.807) is 6.07 Å². The van der Waals surface area contributed by atoms with Gasteiger partial charge in [-0.3, -0.25) is 4.21 Å². The summed E-state index contributed by atoms with van der Waals surface area (Å²) in [5.41, 5.74) is 7.63. The number of fused-ring (bicyclic) bond motifs is 1. The van der Waals surface area contributed by atoms with Gasteiger partial charge in [-0.15, -0.1) is 0 Å². The van der Waals surface area contributed by atoms with Crippen LogP contribution in [-0.2, 0) is 17.2 Å². The molecule has 2 unspecified atom stereocenters. The van der Waals surface area contributed by atoms with Gasteiger partial charge in [-0.05, 0) is 29.8 Å². The second-order valence-corrected chi connectivity index (χ2v) is 7.13. The summed E-state index contributed by atoms with van der Waals surface area (Å²) in [6, 6.07) is 13.4. The first-order chi connectivity index (χ1) is 9.63. The molecule has 2 atom stereocenters. The molecule has 20 heavy (non-hydrogen) atoms. The van der Waals surface area contributed by atoms with Gasteiger partial charge >= 0.3 is 0 Å². The molecule has 0 saturated carbocycles. The van der Waals surface area contributed by atoms with Gasteiger partial charge in [-0.1, -0.05) is 34.1 Å². The fraction of sp³-hybridized carbons (Fsp3) is 0.200. The monoisotopic (exact) mass is 351 g/mol. The SMILES string of the molecule is Nc1ccc(Br)cc1S(=O)CC1Cc2ccccc2O1. The van der Waals surface area contributed by atoms with Crippen LogP contribution in [-0.4, -0.2) is 16.1 Å². The van der Waals surface area contributed by atoms with Crippen molar-refractivity contribution in [3.8, 4) is 5.75 Å². The Morgan fingerprint density at radius 2 is 2.10 bits per heavy atom. The average Bonchev–Trinajstić information content (AvgIpc) is 2.83. The fourth-order valence-electron chi connectivity index (χ4n) is 2.31. The Morgan fingerprint density at radius 3 is 2.90 bits per heavy atom.